The maximum atomic E-state index is 11.3. The first-order valence-corrected chi connectivity index (χ1v) is 10.2. The minimum atomic E-state index is -3.22. The highest BCUT2D eigenvalue weighted by Gasteiger charge is 2.12. The molecule has 0 aliphatic carbocycles. The van der Waals surface area contributed by atoms with Crippen molar-refractivity contribution in [2.45, 2.75) is 19.4 Å². The molecule has 0 unspecified atom stereocenters. The lowest BCUT2D eigenvalue weighted by Crippen LogP contribution is -2.25. The summed E-state index contributed by atoms with van der Waals surface area (Å²) in [4.78, 5) is 8.62. The van der Waals surface area contributed by atoms with Crippen LogP contribution in [-0.4, -0.2) is 41.0 Å². The van der Waals surface area contributed by atoms with Crippen molar-refractivity contribution < 1.29 is 8.42 Å². The van der Waals surface area contributed by atoms with Gasteiger partial charge in [-0.1, -0.05) is 30.3 Å². The number of hydrogen-bond acceptors (Lipinski definition) is 5. The molecule has 0 saturated heterocycles. The van der Waals surface area contributed by atoms with Gasteiger partial charge in [0.2, 0.25) is 10.0 Å². The minimum absolute atomic E-state index is 0.290. The summed E-state index contributed by atoms with van der Waals surface area (Å²) < 4.78 is 26.9. The molecule has 26 heavy (non-hydrogen) atoms. The van der Waals surface area contributed by atoms with E-state index in [1.54, 1.807) is 12.4 Å². The van der Waals surface area contributed by atoms with Crippen LogP contribution in [0.5, 0.6) is 0 Å². The maximum Gasteiger partial charge on any atom is 0.208 e. The van der Waals surface area contributed by atoms with E-state index >= 15 is 0 Å². The second kappa shape index (κ2) is 8.20. The van der Waals surface area contributed by atoms with Crippen LogP contribution in [0.3, 0.4) is 0 Å². The number of aromatic nitrogens is 4. The normalized spacial score (nSPS) is 11.6. The molecule has 1 aromatic carbocycles. The predicted molar refractivity (Wildman–Crippen MR) is 99.9 cm³/mol. The quantitative estimate of drug-likeness (QED) is 0.651. The van der Waals surface area contributed by atoms with E-state index in [4.69, 9.17) is 0 Å². The lowest BCUT2D eigenvalue weighted by Gasteiger charge is -2.06. The molecule has 2 heterocycles. The topological polar surface area (TPSA) is 89.8 Å². The monoisotopic (exact) mass is 371 g/mol. The van der Waals surface area contributed by atoms with Crippen molar-refractivity contribution >= 4 is 10.0 Å². The molecular formula is C18H21N5O2S. The fourth-order valence-corrected chi connectivity index (χ4v) is 3.06. The third-order valence-corrected chi connectivity index (χ3v) is 4.58. The number of hydrogen-bond donors (Lipinski definition) is 1. The Labute approximate surface area is 153 Å². The zero-order chi connectivity index (χ0) is 18.4. The molecule has 136 valence electrons. The van der Waals surface area contributed by atoms with Crippen molar-refractivity contribution in [3.63, 3.8) is 0 Å². The highest BCUT2D eigenvalue weighted by molar-refractivity contribution is 7.88. The summed E-state index contributed by atoms with van der Waals surface area (Å²) in [5, 5.41) is 4.61. The predicted octanol–water partition coefficient (Wildman–Crippen LogP) is 1.67. The van der Waals surface area contributed by atoms with E-state index in [0.29, 0.717) is 25.3 Å². The van der Waals surface area contributed by atoms with Gasteiger partial charge in [0.05, 0.1) is 6.26 Å². The maximum absolute atomic E-state index is 11.3. The second-order valence-electron chi connectivity index (χ2n) is 5.96. The van der Waals surface area contributed by atoms with Crippen molar-refractivity contribution in [3.8, 4) is 11.4 Å². The van der Waals surface area contributed by atoms with Gasteiger partial charge in [-0.15, -0.1) is 0 Å². The SMILES string of the molecule is CS(=O)(=O)NCCc1nc(-c2ccncc2)nn1CCc1ccccc1. The first-order valence-electron chi connectivity index (χ1n) is 8.34. The smallest absolute Gasteiger partial charge is 0.208 e. The van der Waals surface area contributed by atoms with E-state index in [1.165, 1.54) is 5.56 Å². The number of pyridine rings is 1. The van der Waals surface area contributed by atoms with Crippen molar-refractivity contribution in [2.24, 2.45) is 0 Å². The van der Waals surface area contributed by atoms with Crippen molar-refractivity contribution in [1.82, 2.24) is 24.5 Å². The lowest BCUT2D eigenvalue weighted by atomic mass is 10.1. The van der Waals surface area contributed by atoms with Gasteiger partial charge in [0.15, 0.2) is 5.82 Å². The number of sulfonamides is 1. The number of aryl methyl sites for hydroxylation is 2. The summed E-state index contributed by atoms with van der Waals surface area (Å²) >= 11 is 0. The van der Waals surface area contributed by atoms with Gasteiger partial charge < -0.3 is 0 Å². The molecule has 3 rings (SSSR count). The van der Waals surface area contributed by atoms with Gasteiger partial charge in [0, 0.05) is 37.5 Å². The zero-order valence-electron chi connectivity index (χ0n) is 14.5. The van der Waals surface area contributed by atoms with E-state index in [9.17, 15) is 8.42 Å². The molecule has 0 aliphatic rings. The molecule has 0 atom stereocenters. The number of rotatable bonds is 8. The molecule has 0 fully saturated rings. The molecule has 0 radical (unpaired) electrons. The standard InChI is InChI=1S/C18H21N5O2S/c1-26(24,25)20-13-9-17-21-18(16-7-11-19-12-8-16)22-23(17)14-10-15-5-3-2-4-6-15/h2-8,11-12,20H,9-10,13-14H2,1H3. The fourth-order valence-electron chi connectivity index (χ4n) is 2.59. The average molecular weight is 371 g/mol. The Balaban J connectivity index is 1.78. The molecule has 0 aliphatic heterocycles. The molecule has 3 aromatic rings. The molecule has 0 bridgehead atoms. The van der Waals surface area contributed by atoms with Crippen LogP contribution >= 0.6 is 0 Å². The van der Waals surface area contributed by atoms with E-state index in [-0.39, 0.29) is 0 Å². The van der Waals surface area contributed by atoms with Crippen LogP contribution in [0.4, 0.5) is 0 Å². The van der Waals surface area contributed by atoms with Crippen LogP contribution in [0.15, 0.2) is 54.9 Å². The molecule has 0 spiro atoms. The Hall–Kier alpha value is -2.58. The minimum Gasteiger partial charge on any atom is -0.265 e. The number of nitrogens with one attached hydrogen (secondary N) is 1. The van der Waals surface area contributed by atoms with Crippen LogP contribution in [0.2, 0.25) is 0 Å². The van der Waals surface area contributed by atoms with E-state index in [0.717, 1.165) is 24.1 Å². The Morgan fingerprint density at radius 2 is 1.77 bits per heavy atom. The molecule has 8 heteroatoms. The Morgan fingerprint density at radius 1 is 1.04 bits per heavy atom. The first kappa shape index (κ1) is 18.2. The summed E-state index contributed by atoms with van der Waals surface area (Å²) in [6.45, 7) is 0.967. The summed E-state index contributed by atoms with van der Waals surface area (Å²) in [7, 11) is -3.22. The van der Waals surface area contributed by atoms with E-state index in [1.807, 2.05) is 35.0 Å². The molecule has 0 saturated carbocycles. The average Bonchev–Trinajstić information content (AvgIpc) is 3.04. The molecule has 7 nitrogen and oxygen atoms in total. The van der Waals surface area contributed by atoms with Crippen molar-refractivity contribution in [3.05, 3.63) is 66.2 Å². The Kier molecular flexibility index (Phi) is 5.75. The second-order valence-corrected chi connectivity index (χ2v) is 7.80. The van der Waals surface area contributed by atoms with Gasteiger partial charge >= 0.3 is 0 Å². The summed E-state index contributed by atoms with van der Waals surface area (Å²) in [6, 6.07) is 13.9. The number of nitrogens with zero attached hydrogens (tertiary/aromatic N) is 4. The molecule has 2 aromatic heterocycles. The van der Waals surface area contributed by atoms with Crippen LogP contribution in [-0.2, 0) is 29.4 Å². The highest BCUT2D eigenvalue weighted by atomic mass is 32.2. The highest BCUT2D eigenvalue weighted by Crippen LogP contribution is 2.15. The Bertz CT molecular complexity index is 940. The van der Waals surface area contributed by atoms with Crippen LogP contribution in [0, 0.1) is 0 Å². The molecule has 0 amide bonds. The summed E-state index contributed by atoms with van der Waals surface area (Å²) in [5.41, 5.74) is 2.10. The van der Waals surface area contributed by atoms with Gasteiger partial charge in [-0.25, -0.2) is 22.8 Å². The first-order chi connectivity index (χ1) is 12.5. The van der Waals surface area contributed by atoms with Gasteiger partial charge in [-0.05, 0) is 24.1 Å². The van der Waals surface area contributed by atoms with Gasteiger partial charge in [-0.3, -0.25) is 4.98 Å². The van der Waals surface area contributed by atoms with Crippen molar-refractivity contribution in [2.75, 3.05) is 12.8 Å². The van der Waals surface area contributed by atoms with Crippen LogP contribution in [0.1, 0.15) is 11.4 Å². The van der Waals surface area contributed by atoms with Gasteiger partial charge in [0.25, 0.3) is 0 Å². The van der Waals surface area contributed by atoms with Gasteiger partial charge in [-0.2, -0.15) is 5.10 Å². The lowest BCUT2D eigenvalue weighted by molar-refractivity contribution is 0.567. The molecule has 1 N–H and O–H groups in total. The van der Waals surface area contributed by atoms with Crippen LogP contribution in [0.25, 0.3) is 11.4 Å². The Morgan fingerprint density at radius 3 is 2.46 bits per heavy atom. The summed E-state index contributed by atoms with van der Waals surface area (Å²) in [6.07, 6.45) is 5.84. The van der Waals surface area contributed by atoms with Crippen LogP contribution < -0.4 is 4.72 Å². The third-order valence-electron chi connectivity index (χ3n) is 3.85. The van der Waals surface area contributed by atoms with E-state index < -0.39 is 10.0 Å². The van der Waals surface area contributed by atoms with Gasteiger partial charge in [0.1, 0.15) is 5.82 Å². The largest absolute Gasteiger partial charge is 0.265 e. The summed E-state index contributed by atoms with van der Waals surface area (Å²) in [5.74, 6) is 1.37. The molecular weight excluding hydrogens is 350 g/mol. The zero-order valence-corrected chi connectivity index (χ0v) is 15.4. The number of benzene rings is 1. The third kappa shape index (κ3) is 5.21. The van der Waals surface area contributed by atoms with E-state index in [2.05, 4.69) is 31.9 Å². The fraction of sp³-hybridized carbons (Fsp3) is 0.278. The van der Waals surface area contributed by atoms with Crippen molar-refractivity contribution in [1.29, 1.82) is 0 Å².